The summed E-state index contributed by atoms with van der Waals surface area (Å²) in [6.07, 6.45) is 0.711. The molecule has 20 heavy (non-hydrogen) atoms. The minimum atomic E-state index is -0.659. The molecular formula is C13H19N3O4. The summed E-state index contributed by atoms with van der Waals surface area (Å²) in [5.41, 5.74) is 11.3. The Hall–Kier alpha value is -2.28. The molecule has 0 aliphatic heterocycles. The lowest BCUT2D eigenvalue weighted by molar-refractivity contribution is -0.123. The molecule has 0 heterocycles. The summed E-state index contributed by atoms with van der Waals surface area (Å²) in [6.45, 7) is 0.822. The van der Waals surface area contributed by atoms with Crippen molar-refractivity contribution in [3.8, 4) is 5.75 Å². The lowest BCUT2D eigenvalue weighted by Gasteiger charge is -2.12. The Morgan fingerprint density at radius 2 is 2.10 bits per heavy atom. The highest BCUT2D eigenvalue weighted by atomic mass is 16.5. The van der Waals surface area contributed by atoms with Crippen molar-refractivity contribution in [3.63, 3.8) is 0 Å². The zero-order chi connectivity index (χ0) is 15.0. The molecule has 0 saturated carbocycles. The van der Waals surface area contributed by atoms with Gasteiger partial charge in [0.1, 0.15) is 0 Å². The first-order valence-corrected chi connectivity index (χ1v) is 6.13. The summed E-state index contributed by atoms with van der Waals surface area (Å²) in [4.78, 5) is 22.8. The number of hydrogen-bond acceptors (Lipinski definition) is 5. The molecule has 7 heteroatoms. The Labute approximate surface area is 117 Å². The van der Waals surface area contributed by atoms with Crippen molar-refractivity contribution >= 4 is 17.5 Å². The van der Waals surface area contributed by atoms with Gasteiger partial charge < -0.3 is 26.3 Å². The molecule has 0 spiro atoms. The lowest BCUT2D eigenvalue weighted by Crippen LogP contribution is -2.30. The molecule has 0 aliphatic rings. The minimum absolute atomic E-state index is 0.132. The highest BCUT2D eigenvalue weighted by Gasteiger charge is 2.13. The molecule has 7 nitrogen and oxygen atoms in total. The van der Waals surface area contributed by atoms with E-state index in [0.29, 0.717) is 19.6 Å². The van der Waals surface area contributed by atoms with Gasteiger partial charge in [0.05, 0.1) is 11.3 Å². The summed E-state index contributed by atoms with van der Waals surface area (Å²) in [7, 11) is 1.59. The van der Waals surface area contributed by atoms with Crippen molar-refractivity contribution in [3.05, 3.63) is 23.8 Å². The van der Waals surface area contributed by atoms with Gasteiger partial charge in [0.25, 0.3) is 11.8 Å². The zero-order valence-electron chi connectivity index (χ0n) is 11.3. The Morgan fingerprint density at radius 1 is 1.35 bits per heavy atom. The number of carbonyl (C=O) groups is 2. The average Bonchev–Trinajstić information content (AvgIpc) is 2.42. The molecule has 110 valence electrons. The van der Waals surface area contributed by atoms with E-state index in [-0.39, 0.29) is 29.5 Å². The summed E-state index contributed by atoms with van der Waals surface area (Å²) in [6, 6.07) is 4.65. The standard InChI is InChI=1S/C13H19N3O4/c1-19-7-3-6-16-11(17)8-20-12-9(13(15)18)4-2-5-10(12)14/h2,4-5H,3,6-8,14H2,1H3,(H2,15,18)(H,16,17). The van der Waals surface area contributed by atoms with E-state index in [4.69, 9.17) is 20.9 Å². The van der Waals surface area contributed by atoms with Crippen molar-refractivity contribution < 1.29 is 19.1 Å². The monoisotopic (exact) mass is 281 g/mol. The average molecular weight is 281 g/mol. The molecular weight excluding hydrogens is 262 g/mol. The maximum Gasteiger partial charge on any atom is 0.257 e. The summed E-state index contributed by atoms with van der Waals surface area (Å²) >= 11 is 0. The molecule has 0 aromatic heterocycles. The molecule has 0 fully saturated rings. The van der Waals surface area contributed by atoms with Crippen molar-refractivity contribution in [2.24, 2.45) is 5.73 Å². The largest absolute Gasteiger partial charge is 0.481 e. The van der Waals surface area contributed by atoms with Crippen LogP contribution in [0.3, 0.4) is 0 Å². The van der Waals surface area contributed by atoms with Crippen LogP contribution in [0, 0.1) is 0 Å². The van der Waals surface area contributed by atoms with Gasteiger partial charge in [-0.05, 0) is 18.6 Å². The number of nitrogens with two attached hydrogens (primary N) is 2. The van der Waals surface area contributed by atoms with Crippen molar-refractivity contribution in [1.82, 2.24) is 5.32 Å². The topological polar surface area (TPSA) is 117 Å². The van der Waals surface area contributed by atoms with E-state index < -0.39 is 5.91 Å². The molecule has 5 N–H and O–H groups in total. The number of methoxy groups -OCH3 is 1. The number of carbonyl (C=O) groups excluding carboxylic acids is 2. The number of rotatable bonds is 8. The summed E-state index contributed by atoms with van der Waals surface area (Å²) < 4.78 is 10.1. The first kappa shape index (κ1) is 15.8. The number of nitrogen functional groups attached to an aromatic ring is 1. The van der Waals surface area contributed by atoms with Crippen LogP contribution in [0.2, 0.25) is 0 Å². The Balaban J connectivity index is 2.53. The Kier molecular flexibility index (Phi) is 6.31. The molecule has 0 atom stereocenters. The van der Waals surface area contributed by atoms with Crippen molar-refractivity contribution in [2.75, 3.05) is 32.6 Å². The molecule has 1 aromatic carbocycles. The molecule has 0 aliphatic carbocycles. The summed E-state index contributed by atoms with van der Waals surface area (Å²) in [5, 5.41) is 2.65. The van der Waals surface area contributed by atoms with Crippen LogP contribution in [0.4, 0.5) is 5.69 Å². The quantitative estimate of drug-likeness (QED) is 0.454. The third-order valence-corrected chi connectivity index (χ3v) is 2.51. The van der Waals surface area contributed by atoms with Gasteiger partial charge in [0, 0.05) is 20.3 Å². The zero-order valence-corrected chi connectivity index (χ0v) is 11.3. The van der Waals surface area contributed by atoms with Gasteiger partial charge in [-0.2, -0.15) is 0 Å². The first-order valence-electron chi connectivity index (χ1n) is 6.13. The van der Waals surface area contributed by atoms with Gasteiger partial charge in [0.2, 0.25) is 0 Å². The van der Waals surface area contributed by atoms with E-state index in [1.54, 1.807) is 19.2 Å². The number of hydrogen-bond donors (Lipinski definition) is 3. The van der Waals surface area contributed by atoms with Gasteiger partial charge in [-0.25, -0.2) is 0 Å². The van der Waals surface area contributed by atoms with Crippen LogP contribution in [0.5, 0.6) is 5.75 Å². The predicted octanol–water partition coefficient (Wildman–Crippen LogP) is -0.101. The van der Waals surface area contributed by atoms with Crippen LogP contribution in [-0.4, -0.2) is 38.7 Å². The third-order valence-electron chi connectivity index (χ3n) is 2.51. The van der Waals surface area contributed by atoms with Crippen LogP contribution >= 0.6 is 0 Å². The highest BCUT2D eigenvalue weighted by molar-refractivity contribution is 5.97. The third kappa shape index (κ3) is 4.77. The fraction of sp³-hybridized carbons (Fsp3) is 0.385. The molecule has 1 aromatic rings. The Morgan fingerprint density at radius 3 is 2.75 bits per heavy atom. The van der Waals surface area contributed by atoms with E-state index in [1.807, 2.05) is 0 Å². The molecule has 0 radical (unpaired) electrons. The number of ether oxygens (including phenoxy) is 2. The van der Waals surface area contributed by atoms with Gasteiger partial charge in [-0.15, -0.1) is 0 Å². The maximum absolute atomic E-state index is 11.5. The Bertz CT molecular complexity index is 477. The van der Waals surface area contributed by atoms with Crippen LogP contribution in [0.1, 0.15) is 16.8 Å². The van der Waals surface area contributed by atoms with Gasteiger partial charge in [0.15, 0.2) is 12.4 Å². The van der Waals surface area contributed by atoms with Gasteiger partial charge in [-0.3, -0.25) is 9.59 Å². The summed E-state index contributed by atoms with van der Waals surface area (Å²) in [5.74, 6) is -0.834. The second kappa shape index (κ2) is 8.00. The molecule has 0 bridgehead atoms. The smallest absolute Gasteiger partial charge is 0.257 e. The maximum atomic E-state index is 11.5. The number of benzene rings is 1. The molecule has 2 amide bonds. The molecule has 0 unspecified atom stereocenters. The van der Waals surface area contributed by atoms with Crippen LogP contribution in [0.15, 0.2) is 18.2 Å². The van der Waals surface area contributed by atoms with E-state index in [1.165, 1.54) is 6.07 Å². The van der Waals surface area contributed by atoms with Crippen molar-refractivity contribution in [1.29, 1.82) is 0 Å². The number of nitrogens with one attached hydrogen (secondary N) is 1. The molecule has 0 saturated heterocycles. The van der Waals surface area contributed by atoms with Crippen LogP contribution < -0.4 is 21.5 Å². The normalized spacial score (nSPS) is 10.1. The minimum Gasteiger partial charge on any atom is -0.481 e. The van der Waals surface area contributed by atoms with E-state index in [2.05, 4.69) is 5.32 Å². The fourth-order valence-electron chi connectivity index (χ4n) is 1.54. The number of anilines is 1. The van der Waals surface area contributed by atoms with E-state index >= 15 is 0 Å². The number of para-hydroxylation sites is 1. The second-order valence-corrected chi connectivity index (χ2v) is 4.07. The SMILES string of the molecule is COCCCNC(=O)COc1c(N)cccc1C(N)=O. The lowest BCUT2D eigenvalue weighted by atomic mass is 10.1. The number of primary amides is 1. The number of amides is 2. The van der Waals surface area contributed by atoms with Crippen molar-refractivity contribution in [2.45, 2.75) is 6.42 Å². The second-order valence-electron chi connectivity index (χ2n) is 4.07. The van der Waals surface area contributed by atoms with E-state index in [0.717, 1.165) is 0 Å². The fourth-order valence-corrected chi connectivity index (χ4v) is 1.54. The van der Waals surface area contributed by atoms with Gasteiger partial charge in [-0.1, -0.05) is 6.07 Å². The van der Waals surface area contributed by atoms with Crippen LogP contribution in [-0.2, 0) is 9.53 Å². The van der Waals surface area contributed by atoms with Crippen LogP contribution in [0.25, 0.3) is 0 Å². The predicted molar refractivity (Wildman–Crippen MR) is 74.4 cm³/mol. The van der Waals surface area contributed by atoms with Gasteiger partial charge >= 0.3 is 0 Å². The highest BCUT2D eigenvalue weighted by Crippen LogP contribution is 2.25. The molecule has 1 rings (SSSR count). The van der Waals surface area contributed by atoms with E-state index in [9.17, 15) is 9.59 Å². The first-order chi connectivity index (χ1) is 9.56.